The summed E-state index contributed by atoms with van der Waals surface area (Å²) in [5.74, 6) is -0.516. The van der Waals surface area contributed by atoms with E-state index in [2.05, 4.69) is 0 Å². The minimum absolute atomic E-state index is 0.207. The molecule has 0 aromatic heterocycles. The lowest BCUT2D eigenvalue weighted by Crippen LogP contribution is -2.09. The van der Waals surface area contributed by atoms with Crippen LogP contribution in [0.5, 0.6) is 5.75 Å². The summed E-state index contributed by atoms with van der Waals surface area (Å²) >= 11 is 0. The number of carbonyl (C=O) groups excluding carboxylic acids is 1. The minimum atomic E-state index is -0.558. The largest absolute Gasteiger partial charge is 0.423 e. The molecule has 0 saturated carbocycles. The highest BCUT2D eigenvalue weighted by atomic mass is 19.1. The molecule has 0 bridgehead atoms. The Morgan fingerprint density at radius 3 is 2.33 bits per heavy atom. The number of esters is 1. The molecule has 0 unspecified atom stereocenters. The number of ether oxygens (including phenoxy) is 1. The maximum absolute atomic E-state index is 13.3. The van der Waals surface area contributed by atoms with E-state index in [1.807, 2.05) is 19.1 Å². The molecule has 2 nitrogen and oxygen atoms in total. The zero-order valence-corrected chi connectivity index (χ0v) is 10.2. The summed E-state index contributed by atoms with van der Waals surface area (Å²) in [4.78, 5) is 11.8. The van der Waals surface area contributed by atoms with Crippen molar-refractivity contribution in [3.05, 3.63) is 65.0 Å². The van der Waals surface area contributed by atoms with Crippen molar-refractivity contribution in [2.45, 2.75) is 13.8 Å². The average Bonchev–Trinajstić information content (AvgIpc) is 2.35. The maximum Gasteiger partial charge on any atom is 0.343 e. The van der Waals surface area contributed by atoms with Crippen molar-refractivity contribution < 1.29 is 13.9 Å². The van der Waals surface area contributed by atoms with Gasteiger partial charge in [-0.1, -0.05) is 23.8 Å². The van der Waals surface area contributed by atoms with Crippen LogP contribution in [0, 0.1) is 19.7 Å². The van der Waals surface area contributed by atoms with Gasteiger partial charge in [0.05, 0.1) is 5.56 Å². The summed E-state index contributed by atoms with van der Waals surface area (Å²) in [7, 11) is 0. The Hall–Kier alpha value is -2.16. The first kappa shape index (κ1) is 12.3. The van der Waals surface area contributed by atoms with Gasteiger partial charge in [-0.05, 0) is 43.7 Å². The molecular formula is C15H13FO2. The topological polar surface area (TPSA) is 26.3 Å². The van der Waals surface area contributed by atoms with Crippen molar-refractivity contribution in [2.24, 2.45) is 0 Å². The van der Waals surface area contributed by atoms with Crippen LogP contribution < -0.4 is 4.74 Å². The zero-order valence-electron chi connectivity index (χ0n) is 10.2. The zero-order chi connectivity index (χ0) is 13.1. The fraction of sp³-hybridized carbons (Fsp3) is 0.133. The molecular weight excluding hydrogens is 231 g/mol. The first-order valence-corrected chi connectivity index (χ1v) is 5.61. The Balaban J connectivity index is 2.16. The van der Waals surface area contributed by atoms with E-state index in [9.17, 15) is 9.18 Å². The fourth-order valence-corrected chi connectivity index (χ4v) is 1.49. The molecule has 0 aliphatic heterocycles. The molecule has 0 N–H and O–H groups in total. The SMILES string of the molecule is Cc1ccc(OC(=O)c2ccc(C)c(F)c2)cc1. The quantitative estimate of drug-likeness (QED) is 0.595. The molecule has 0 saturated heterocycles. The Morgan fingerprint density at radius 2 is 1.72 bits per heavy atom. The number of halogens is 1. The highest BCUT2D eigenvalue weighted by Gasteiger charge is 2.10. The highest BCUT2D eigenvalue weighted by Crippen LogP contribution is 2.15. The Bertz CT molecular complexity index is 574. The van der Waals surface area contributed by atoms with Crippen molar-refractivity contribution in [3.8, 4) is 5.75 Å². The van der Waals surface area contributed by atoms with Crippen molar-refractivity contribution in [2.75, 3.05) is 0 Å². The predicted molar refractivity (Wildman–Crippen MR) is 67.3 cm³/mol. The predicted octanol–water partition coefficient (Wildman–Crippen LogP) is 3.66. The van der Waals surface area contributed by atoms with Crippen LogP contribution in [-0.2, 0) is 0 Å². The second-order valence-electron chi connectivity index (χ2n) is 4.17. The van der Waals surface area contributed by atoms with Gasteiger partial charge in [0.2, 0.25) is 0 Å². The molecule has 0 atom stereocenters. The number of carbonyl (C=O) groups is 1. The standard InChI is InChI=1S/C15H13FO2/c1-10-3-7-13(8-4-10)18-15(17)12-6-5-11(2)14(16)9-12/h3-9H,1-2H3. The lowest BCUT2D eigenvalue weighted by Gasteiger charge is -2.05. The lowest BCUT2D eigenvalue weighted by molar-refractivity contribution is 0.0734. The lowest BCUT2D eigenvalue weighted by atomic mass is 10.1. The molecule has 0 aliphatic carbocycles. The summed E-state index contributed by atoms with van der Waals surface area (Å²) in [5, 5.41) is 0. The van der Waals surface area contributed by atoms with Crippen LogP contribution in [0.2, 0.25) is 0 Å². The van der Waals surface area contributed by atoms with E-state index in [1.54, 1.807) is 31.2 Å². The molecule has 2 rings (SSSR count). The van der Waals surface area contributed by atoms with Gasteiger partial charge in [0.25, 0.3) is 0 Å². The van der Waals surface area contributed by atoms with Crippen molar-refractivity contribution in [1.29, 1.82) is 0 Å². The summed E-state index contributed by atoms with van der Waals surface area (Å²) in [5.41, 5.74) is 1.79. The molecule has 2 aromatic rings. The van der Waals surface area contributed by atoms with E-state index >= 15 is 0 Å². The smallest absolute Gasteiger partial charge is 0.343 e. The van der Waals surface area contributed by atoms with E-state index in [-0.39, 0.29) is 5.56 Å². The third-order valence-electron chi connectivity index (χ3n) is 2.64. The highest BCUT2D eigenvalue weighted by molar-refractivity contribution is 5.91. The Kier molecular flexibility index (Phi) is 3.42. The summed E-state index contributed by atoms with van der Waals surface area (Å²) in [6, 6.07) is 11.4. The third kappa shape index (κ3) is 2.74. The normalized spacial score (nSPS) is 10.2. The number of benzene rings is 2. The van der Waals surface area contributed by atoms with Gasteiger partial charge in [-0.2, -0.15) is 0 Å². The second kappa shape index (κ2) is 5.00. The first-order valence-electron chi connectivity index (χ1n) is 5.61. The summed E-state index contributed by atoms with van der Waals surface area (Å²) in [6.45, 7) is 3.59. The third-order valence-corrected chi connectivity index (χ3v) is 2.64. The van der Waals surface area contributed by atoms with Crippen LogP contribution in [-0.4, -0.2) is 5.97 Å². The molecule has 0 amide bonds. The van der Waals surface area contributed by atoms with Crippen LogP contribution in [0.25, 0.3) is 0 Å². The monoisotopic (exact) mass is 244 g/mol. The van der Waals surface area contributed by atoms with Crippen molar-refractivity contribution >= 4 is 5.97 Å². The fourth-order valence-electron chi connectivity index (χ4n) is 1.49. The number of rotatable bonds is 2. The number of hydrogen-bond donors (Lipinski definition) is 0. The molecule has 92 valence electrons. The molecule has 2 aromatic carbocycles. The van der Waals surface area contributed by atoms with E-state index in [0.717, 1.165) is 5.56 Å². The molecule has 0 radical (unpaired) electrons. The molecule has 3 heteroatoms. The number of hydrogen-bond acceptors (Lipinski definition) is 2. The van der Waals surface area contributed by atoms with Crippen LogP contribution >= 0.6 is 0 Å². The van der Waals surface area contributed by atoms with Gasteiger partial charge in [0.1, 0.15) is 11.6 Å². The van der Waals surface area contributed by atoms with Crippen molar-refractivity contribution in [1.82, 2.24) is 0 Å². The molecule has 0 spiro atoms. The van der Waals surface area contributed by atoms with Gasteiger partial charge in [-0.25, -0.2) is 9.18 Å². The van der Waals surface area contributed by atoms with Crippen LogP contribution in [0.3, 0.4) is 0 Å². The average molecular weight is 244 g/mol. The van der Waals surface area contributed by atoms with Gasteiger partial charge in [0.15, 0.2) is 0 Å². The molecule has 0 fully saturated rings. The molecule has 18 heavy (non-hydrogen) atoms. The van der Waals surface area contributed by atoms with Crippen LogP contribution in [0.1, 0.15) is 21.5 Å². The second-order valence-corrected chi connectivity index (χ2v) is 4.17. The van der Waals surface area contributed by atoms with Crippen LogP contribution in [0.15, 0.2) is 42.5 Å². The summed E-state index contributed by atoms with van der Waals surface area (Å²) < 4.78 is 18.5. The van der Waals surface area contributed by atoms with Crippen molar-refractivity contribution in [3.63, 3.8) is 0 Å². The van der Waals surface area contributed by atoms with Crippen LogP contribution in [0.4, 0.5) is 4.39 Å². The van der Waals surface area contributed by atoms with Gasteiger partial charge >= 0.3 is 5.97 Å². The van der Waals surface area contributed by atoms with Gasteiger partial charge < -0.3 is 4.74 Å². The van der Waals surface area contributed by atoms with E-state index in [1.165, 1.54) is 6.07 Å². The number of aryl methyl sites for hydroxylation is 2. The Labute approximate surface area is 105 Å². The Morgan fingerprint density at radius 1 is 1.06 bits per heavy atom. The van der Waals surface area contributed by atoms with Gasteiger partial charge in [0, 0.05) is 0 Å². The molecule has 0 heterocycles. The van der Waals surface area contributed by atoms with E-state index in [0.29, 0.717) is 11.3 Å². The summed E-state index contributed by atoms with van der Waals surface area (Å²) in [6.07, 6.45) is 0. The maximum atomic E-state index is 13.3. The van der Waals surface area contributed by atoms with E-state index < -0.39 is 11.8 Å². The minimum Gasteiger partial charge on any atom is -0.423 e. The van der Waals surface area contributed by atoms with Gasteiger partial charge in [-0.15, -0.1) is 0 Å². The first-order chi connectivity index (χ1) is 8.56. The molecule has 0 aliphatic rings. The van der Waals surface area contributed by atoms with Gasteiger partial charge in [-0.3, -0.25) is 0 Å². The van der Waals surface area contributed by atoms with E-state index in [4.69, 9.17) is 4.74 Å².